The summed E-state index contributed by atoms with van der Waals surface area (Å²) in [7, 11) is 1.48. The zero-order chi connectivity index (χ0) is 13.4. The largest absolute Gasteiger partial charge is 0.497 e. The van der Waals surface area contributed by atoms with Crippen LogP contribution < -0.4 is 4.74 Å². The van der Waals surface area contributed by atoms with Gasteiger partial charge in [0.05, 0.1) is 12.7 Å². The van der Waals surface area contributed by atoms with Gasteiger partial charge >= 0.3 is 0 Å². The summed E-state index contributed by atoms with van der Waals surface area (Å²) in [4.78, 5) is 14.1. The fourth-order valence-electron chi connectivity index (χ4n) is 3.37. The number of rotatable bonds is 2. The van der Waals surface area contributed by atoms with Crippen molar-refractivity contribution >= 4 is 5.91 Å². The summed E-state index contributed by atoms with van der Waals surface area (Å²) in [6.45, 7) is 1.57. The fourth-order valence-corrected chi connectivity index (χ4v) is 3.37. The highest BCUT2D eigenvalue weighted by atomic mass is 19.1. The van der Waals surface area contributed by atoms with Crippen LogP contribution in [-0.2, 0) is 0 Å². The van der Waals surface area contributed by atoms with Crippen LogP contribution in [-0.4, -0.2) is 31.0 Å². The zero-order valence-corrected chi connectivity index (χ0v) is 11.1. The minimum absolute atomic E-state index is 0.153. The number of likely N-dealkylation sites (tertiary alicyclic amines) is 1. The third-order valence-corrected chi connectivity index (χ3v) is 4.42. The average molecular weight is 263 g/mol. The van der Waals surface area contributed by atoms with Crippen molar-refractivity contribution in [3.8, 4) is 5.75 Å². The molecule has 0 radical (unpaired) electrons. The SMILES string of the molecule is COc1ccc(C(=O)N2CC3CCCC3C2)c(F)c1. The number of amides is 1. The molecule has 1 aromatic rings. The van der Waals surface area contributed by atoms with E-state index >= 15 is 0 Å². The van der Waals surface area contributed by atoms with Gasteiger partial charge in [0, 0.05) is 19.2 Å². The first kappa shape index (κ1) is 12.5. The molecule has 2 aliphatic rings. The molecular weight excluding hydrogens is 245 g/mol. The molecule has 0 N–H and O–H groups in total. The third-order valence-electron chi connectivity index (χ3n) is 4.42. The molecule has 0 bridgehead atoms. The fraction of sp³-hybridized carbons (Fsp3) is 0.533. The molecular formula is C15H18FNO2. The molecule has 0 spiro atoms. The van der Waals surface area contributed by atoms with Crippen molar-refractivity contribution in [2.45, 2.75) is 19.3 Å². The maximum atomic E-state index is 13.9. The van der Waals surface area contributed by atoms with Crippen LogP contribution in [0.1, 0.15) is 29.6 Å². The Morgan fingerprint density at radius 1 is 1.32 bits per heavy atom. The molecule has 1 amide bonds. The summed E-state index contributed by atoms with van der Waals surface area (Å²) in [5.74, 6) is 1.01. The summed E-state index contributed by atoms with van der Waals surface area (Å²) in [5, 5.41) is 0. The molecule has 102 valence electrons. The number of carbonyl (C=O) groups excluding carboxylic acids is 1. The lowest BCUT2D eigenvalue weighted by atomic mass is 10.0. The number of carbonyl (C=O) groups is 1. The van der Waals surface area contributed by atoms with Crippen molar-refractivity contribution in [1.82, 2.24) is 4.90 Å². The number of hydrogen-bond acceptors (Lipinski definition) is 2. The van der Waals surface area contributed by atoms with Crippen LogP contribution >= 0.6 is 0 Å². The van der Waals surface area contributed by atoms with Gasteiger partial charge in [-0.05, 0) is 36.8 Å². The highest BCUT2D eigenvalue weighted by molar-refractivity contribution is 5.94. The second kappa shape index (κ2) is 4.83. The normalized spacial score (nSPS) is 25.5. The number of benzene rings is 1. The van der Waals surface area contributed by atoms with Gasteiger partial charge in [-0.25, -0.2) is 4.39 Å². The van der Waals surface area contributed by atoms with E-state index in [-0.39, 0.29) is 11.5 Å². The summed E-state index contributed by atoms with van der Waals surface area (Å²) < 4.78 is 18.9. The maximum Gasteiger partial charge on any atom is 0.256 e. The van der Waals surface area contributed by atoms with Crippen LogP contribution in [0.4, 0.5) is 4.39 Å². The molecule has 1 aliphatic carbocycles. The minimum atomic E-state index is -0.499. The summed E-state index contributed by atoms with van der Waals surface area (Å²) in [6, 6.07) is 4.42. The van der Waals surface area contributed by atoms with E-state index in [1.165, 1.54) is 38.5 Å². The standard InChI is InChI=1S/C15H18FNO2/c1-19-12-5-6-13(14(16)7-12)15(18)17-8-10-3-2-4-11(10)9-17/h5-7,10-11H,2-4,8-9H2,1H3. The van der Waals surface area contributed by atoms with Gasteiger partial charge in [-0.1, -0.05) is 6.42 Å². The predicted molar refractivity (Wildman–Crippen MR) is 69.7 cm³/mol. The Kier molecular flexibility index (Phi) is 3.17. The molecule has 3 nitrogen and oxygen atoms in total. The second-order valence-corrected chi connectivity index (χ2v) is 5.51. The molecule has 1 aliphatic heterocycles. The predicted octanol–water partition coefficient (Wildman–Crippen LogP) is 2.71. The monoisotopic (exact) mass is 263 g/mol. The Morgan fingerprint density at radius 2 is 2.00 bits per heavy atom. The quantitative estimate of drug-likeness (QED) is 0.821. The van der Waals surface area contributed by atoms with Crippen LogP contribution in [0.5, 0.6) is 5.75 Å². The van der Waals surface area contributed by atoms with Crippen LogP contribution in [0, 0.1) is 17.7 Å². The number of ether oxygens (including phenoxy) is 1. The smallest absolute Gasteiger partial charge is 0.256 e. The lowest BCUT2D eigenvalue weighted by molar-refractivity contribution is 0.0776. The molecule has 3 rings (SSSR count). The van der Waals surface area contributed by atoms with E-state index in [2.05, 4.69) is 0 Å². The summed E-state index contributed by atoms with van der Waals surface area (Å²) in [5.41, 5.74) is 0.153. The zero-order valence-electron chi connectivity index (χ0n) is 11.1. The Balaban J connectivity index is 1.77. The Labute approximate surface area is 112 Å². The van der Waals surface area contributed by atoms with Crippen molar-refractivity contribution < 1.29 is 13.9 Å². The minimum Gasteiger partial charge on any atom is -0.497 e. The van der Waals surface area contributed by atoms with Crippen LogP contribution in [0.3, 0.4) is 0 Å². The Bertz CT molecular complexity index is 491. The second-order valence-electron chi connectivity index (χ2n) is 5.51. The first-order chi connectivity index (χ1) is 9.19. The van der Waals surface area contributed by atoms with E-state index in [0.717, 1.165) is 13.1 Å². The van der Waals surface area contributed by atoms with Gasteiger partial charge in [0.2, 0.25) is 0 Å². The van der Waals surface area contributed by atoms with Crippen molar-refractivity contribution in [1.29, 1.82) is 0 Å². The highest BCUT2D eigenvalue weighted by Gasteiger charge is 2.38. The first-order valence-electron chi connectivity index (χ1n) is 6.82. The molecule has 1 aromatic carbocycles. The summed E-state index contributed by atoms with van der Waals surface area (Å²) >= 11 is 0. The molecule has 2 fully saturated rings. The van der Waals surface area contributed by atoms with Gasteiger partial charge in [0.25, 0.3) is 5.91 Å². The van der Waals surface area contributed by atoms with Crippen molar-refractivity contribution in [3.63, 3.8) is 0 Å². The molecule has 2 unspecified atom stereocenters. The topological polar surface area (TPSA) is 29.5 Å². The third kappa shape index (κ3) is 2.20. The molecule has 1 saturated carbocycles. The van der Waals surface area contributed by atoms with Gasteiger partial charge in [0.15, 0.2) is 0 Å². The molecule has 0 aromatic heterocycles. The van der Waals surface area contributed by atoms with Crippen LogP contribution in [0.25, 0.3) is 0 Å². The average Bonchev–Trinajstić information content (AvgIpc) is 2.98. The van der Waals surface area contributed by atoms with E-state index in [4.69, 9.17) is 4.74 Å². The van der Waals surface area contributed by atoms with Crippen LogP contribution in [0.2, 0.25) is 0 Å². The summed E-state index contributed by atoms with van der Waals surface area (Å²) in [6.07, 6.45) is 3.69. The van der Waals surface area contributed by atoms with Gasteiger partial charge < -0.3 is 9.64 Å². The van der Waals surface area contributed by atoms with E-state index in [1.54, 1.807) is 11.0 Å². The van der Waals surface area contributed by atoms with Gasteiger partial charge in [-0.2, -0.15) is 0 Å². The highest BCUT2D eigenvalue weighted by Crippen LogP contribution is 2.38. The maximum absolute atomic E-state index is 13.9. The molecule has 19 heavy (non-hydrogen) atoms. The Hall–Kier alpha value is -1.58. The molecule has 1 heterocycles. The van der Waals surface area contributed by atoms with Gasteiger partial charge in [-0.15, -0.1) is 0 Å². The number of fused-ring (bicyclic) bond motifs is 1. The van der Waals surface area contributed by atoms with Crippen molar-refractivity contribution in [2.75, 3.05) is 20.2 Å². The number of hydrogen-bond donors (Lipinski definition) is 0. The van der Waals surface area contributed by atoms with E-state index in [9.17, 15) is 9.18 Å². The van der Waals surface area contributed by atoms with Crippen molar-refractivity contribution in [3.05, 3.63) is 29.6 Å². The van der Waals surface area contributed by atoms with Crippen LogP contribution in [0.15, 0.2) is 18.2 Å². The number of methoxy groups -OCH3 is 1. The van der Waals surface area contributed by atoms with Gasteiger partial charge in [-0.3, -0.25) is 4.79 Å². The number of nitrogens with zero attached hydrogens (tertiary/aromatic N) is 1. The lowest BCUT2D eigenvalue weighted by Crippen LogP contribution is -2.30. The number of halogens is 1. The molecule has 4 heteroatoms. The lowest BCUT2D eigenvalue weighted by Gasteiger charge is -2.18. The van der Waals surface area contributed by atoms with Crippen molar-refractivity contribution in [2.24, 2.45) is 11.8 Å². The van der Waals surface area contributed by atoms with Gasteiger partial charge in [0.1, 0.15) is 11.6 Å². The molecule has 2 atom stereocenters. The molecule has 1 saturated heterocycles. The Morgan fingerprint density at radius 3 is 2.58 bits per heavy atom. The van der Waals surface area contributed by atoms with E-state index < -0.39 is 5.82 Å². The van der Waals surface area contributed by atoms with E-state index in [0.29, 0.717) is 17.6 Å². The van der Waals surface area contributed by atoms with E-state index in [1.807, 2.05) is 0 Å². The first-order valence-corrected chi connectivity index (χ1v) is 6.82.